The van der Waals surface area contributed by atoms with Gasteiger partial charge in [-0.05, 0) is 81.7 Å². The van der Waals surface area contributed by atoms with Crippen LogP contribution < -0.4 is 4.74 Å². The minimum absolute atomic E-state index is 0.154. The molecule has 0 fully saturated rings. The molecule has 0 radical (unpaired) electrons. The normalized spacial score (nSPS) is 28.6. The summed E-state index contributed by atoms with van der Waals surface area (Å²) in [6.45, 7) is 11.4. The Morgan fingerprint density at radius 1 is 1.28 bits per heavy atom. The van der Waals surface area contributed by atoms with E-state index >= 15 is 0 Å². The van der Waals surface area contributed by atoms with Gasteiger partial charge in [0.2, 0.25) is 0 Å². The number of cyclic esters (lactones) is 1. The number of esters is 2. The predicted octanol–water partition coefficient (Wildman–Crippen LogP) is 5.49. The first-order valence-corrected chi connectivity index (χ1v) is 13.9. The summed E-state index contributed by atoms with van der Waals surface area (Å²) in [4.78, 5) is 24.3. The highest BCUT2D eigenvalue weighted by molar-refractivity contribution is 5.70. The minimum Gasteiger partial charge on any atom is -0.494 e. The fourth-order valence-electron chi connectivity index (χ4n) is 4.57. The second kappa shape index (κ2) is 15.6. The average molecular weight is 543 g/mol. The Hall–Kier alpha value is -2.90. The zero-order valence-corrected chi connectivity index (χ0v) is 24.3. The summed E-state index contributed by atoms with van der Waals surface area (Å²) in [6.07, 6.45) is 9.13. The van der Waals surface area contributed by atoms with Gasteiger partial charge in [0.1, 0.15) is 23.6 Å². The van der Waals surface area contributed by atoms with E-state index in [-0.39, 0.29) is 25.2 Å². The van der Waals surface area contributed by atoms with Gasteiger partial charge in [-0.3, -0.25) is 9.59 Å². The van der Waals surface area contributed by atoms with Gasteiger partial charge in [-0.15, -0.1) is 0 Å². The van der Waals surface area contributed by atoms with E-state index < -0.39 is 35.9 Å². The predicted molar refractivity (Wildman–Crippen MR) is 152 cm³/mol. The van der Waals surface area contributed by atoms with Crippen LogP contribution in [0.5, 0.6) is 5.75 Å². The summed E-state index contributed by atoms with van der Waals surface area (Å²) in [5.74, 6) is -0.0434. The molecule has 6 atom stereocenters. The summed E-state index contributed by atoms with van der Waals surface area (Å²) < 4.78 is 16.8. The number of hydrogen-bond donors (Lipinski definition) is 2. The van der Waals surface area contributed by atoms with Gasteiger partial charge in [-0.25, -0.2) is 0 Å². The van der Waals surface area contributed by atoms with Crippen molar-refractivity contribution < 1.29 is 34.0 Å². The van der Waals surface area contributed by atoms with E-state index in [2.05, 4.69) is 25.1 Å². The van der Waals surface area contributed by atoms with E-state index in [1.165, 1.54) is 12.5 Å². The maximum atomic E-state index is 12.6. The summed E-state index contributed by atoms with van der Waals surface area (Å²) >= 11 is 0. The van der Waals surface area contributed by atoms with E-state index in [4.69, 9.17) is 14.2 Å². The highest BCUT2D eigenvalue weighted by Gasteiger charge is 2.35. The van der Waals surface area contributed by atoms with Crippen molar-refractivity contribution in [1.29, 1.82) is 0 Å². The highest BCUT2D eigenvalue weighted by Crippen LogP contribution is 2.27. The van der Waals surface area contributed by atoms with Gasteiger partial charge in [0.15, 0.2) is 0 Å². The lowest BCUT2D eigenvalue weighted by Crippen LogP contribution is -2.42. The molecule has 0 aliphatic carbocycles. The molecule has 1 aliphatic rings. The second-order valence-electron chi connectivity index (χ2n) is 10.8. The molecular formula is C32H46O7. The molecule has 216 valence electrons. The molecule has 1 heterocycles. The lowest BCUT2D eigenvalue weighted by atomic mass is 9.88. The van der Waals surface area contributed by atoms with Crippen LogP contribution in [0.2, 0.25) is 0 Å². The number of aliphatic hydroxyl groups excluding tert-OH is 1. The van der Waals surface area contributed by atoms with E-state index in [1.807, 2.05) is 45.1 Å². The summed E-state index contributed by atoms with van der Waals surface area (Å²) in [5, 5.41) is 21.3. The molecule has 0 saturated carbocycles. The molecule has 1 aliphatic heterocycles. The molecule has 39 heavy (non-hydrogen) atoms. The van der Waals surface area contributed by atoms with Crippen molar-refractivity contribution in [3.8, 4) is 5.75 Å². The molecule has 2 rings (SSSR count). The molecule has 0 spiro atoms. The van der Waals surface area contributed by atoms with Crippen molar-refractivity contribution in [2.24, 2.45) is 11.8 Å². The SMILES string of the molecule is CCOc1cccc(CCC(C)/C=C/C=C(\C)[C@H]2OC(=O)C[C@H](O)CC[C@@](C)(O)[C@@H](OC(C)=O)/C=C/[C@@H]2C)c1. The van der Waals surface area contributed by atoms with E-state index in [1.54, 1.807) is 19.1 Å². The van der Waals surface area contributed by atoms with Crippen LogP contribution in [0, 0.1) is 11.8 Å². The van der Waals surface area contributed by atoms with Crippen LogP contribution in [0.4, 0.5) is 0 Å². The Labute approximate surface area is 233 Å². The zero-order chi connectivity index (χ0) is 29.0. The fraction of sp³-hybridized carbons (Fsp3) is 0.562. The largest absolute Gasteiger partial charge is 0.494 e. The Balaban J connectivity index is 2.14. The number of hydrogen-bond acceptors (Lipinski definition) is 7. The first-order chi connectivity index (χ1) is 18.4. The lowest BCUT2D eigenvalue weighted by Gasteiger charge is -2.32. The second-order valence-corrected chi connectivity index (χ2v) is 10.8. The van der Waals surface area contributed by atoms with E-state index in [0.29, 0.717) is 12.5 Å². The third-order valence-electron chi connectivity index (χ3n) is 6.96. The smallest absolute Gasteiger partial charge is 0.309 e. The molecule has 0 bridgehead atoms. The number of carbonyl (C=O) groups excluding carboxylic acids is 2. The van der Waals surface area contributed by atoms with Crippen LogP contribution in [0.25, 0.3) is 0 Å². The maximum absolute atomic E-state index is 12.6. The van der Waals surface area contributed by atoms with Gasteiger partial charge >= 0.3 is 11.9 Å². The van der Waals surface area contributed by atoms with E-state index in [0.717, 1.165) is 24.2 Å². The molecule has 7 heteroatoms. The molecule has 2 N–H and O–H groups in total. The van der Waals surface area contributed by atoms with Crippen molar-refractivity contribution in [2.75, 3.05) is 6.61 Å². The van der Waals surface area contributed by atoms with E-state index in [9.17, 15) is 19.8 Å². The van der Waals surface area contributed by atoms with Crippen molar-refractivity contribution >= 4 is 11.9 Å². The third kappa shape index (κ3) is 11.4. The highest BCUT2D eigenvalue weighted by atomic mass is 16.6. The number of aryl methyl sites for hydroxylation is 1. The number of aliphatic hydroxyl groups is 2. The van der Waals surface area contributed by atoms with Crippen LogP contribution >= 0.6 is 0 Å². The molecule has 7 nitrogen and oxygen atoms in total. The molecule has 0 amide bonds. The van der Waals surface area contributed by atoms with Gasteiger partial charge < -0.3 is 24.4 Å². The number of ether oxygens (including phenoxy) is 3. The quantitative estimate of drug-likeness (QED) is 0.242. The van der Waals surface area contributed by atoms with Gasteiger partial charge in [-0.1, -0.05) is 50.3 Å². The standard InChI is InChI=1S/C32H46O7/c1-7-37-28-13-9-12-26(20-28)16-14-22(2)10-8-11-23(3)31-24(4)15-17-29(38-25(5)33)32(6,36)19-18-27(34)21-30(35)39-31/h8-13,15,17,20,22,24,27,29,31,34,36H,7,14,16,18-19,21H2,1-6H3/b10-8+,17-15+,23-11+/t22?,24-,27+,29-,31+,32+/m0/s1. The van der Waals surface area contributed by atoms with Gasteiger partial charge in [0, 0.05) is 12.8 Å². The van der Waals surface area contributed by atoms with Crippen LogP contribution in [0.15, 0.2) is 60.2 Å². The summed E-state index contributed by atoms with van der Waals surface area (Å²) in [5.41, 5.74) is 0.688. The number of allylic oxidation sites excluding steroid dienone is 3. The molecule has 1 aromatic rings. The van der Waals surface area contributed by atoms with Gasteiger partial charge in [0.25, 0.3) is 0 Å². The van der Waals surface area contributed by atoms with Gasteiger partial charge in [0.05, 0.1) is 19.1 Å². The Morgan fingerprint density at radius 3 is 2.72 bits per heavy atom. The van der Waals surface area contributed by atoms with Crippen molar-refractivity contribution in [1.82, 2.24) is 0 Å². The average Bonchev–Trinajstić information content (AvgIpc) is 2.86. The molecular weight excluding hydrogens is 496 g/mol. The Bertz CT molecular complexity index is 1020. The van der Waals surface area contributed by atoms with Crippen molar-refractivity contribution in [3.05, 3.63) is 65.8 Å². The van der Waals surface area contributed by atoms with Crippen molar-refractivity contribution in [3.63, 3.8) is 0 Å². The monoisotopic (exact) mass is 542 g/mol. The Kier molecular flexibility index (Phi) is 13.0. The number of carbonyl (C=O) groups is 2. The zero-order valence-electron chi connectivity index (χ0n) is 24.3. The minimum atomic E-state index is -1.39. The third-order valence-corrected chi connectivity index (χ3v) is 6.96. The first kappa shape index (κ1) is 32.3. The van der Waals surface area contributed by atoms with Crippen LogP contribution in [0.1, 0.15) is 72.8 Å². The van der Waals surface area contributed by atoms with Gasteiger partial charge in [-0.2, -0.15) is 0 Å². The van der Waals surface area contributed by atoms with Crippen LogP contribution in [-0.2, 0) is 25.5 Å². The fourth-order valence-corrected chi connectivity index (χ4v) is 4.57. The van der Waals surface area contributed by atoms with Crippen LogP contribution in [0.3, 0.4) is 0 Å². The number of rotatable bonds is 9. The molecule has 0 saturated heterocycles. The van der Waals surface area contributed by atoms with Crippen molar-refractivity contribution in [2.45, 2.75) is 97.6 Å². The maximum Gasteiger partial charge on any atom is 0.309 e. The molecule has 0 aromatic heterocycles. The lowest BCUT2D eigenvalue weighted by molar-refractivity contribution is -0.157. The summed E-state index contributed by atoms with van der Waals surface area (Å²) in [7, 11) is 0. The first-order valence-electron chi connectivity index (χ1n) is 13.9. The number of benzene rings is 1. The topological polar surface area (TPSA) is 102 Å². The summed E-state index contributed by atoms with van der Waals surface area (Å²) in [6, 6.07) is 8.17. The molecule has 1 aromatic carbocycles. The van der Waals surface area contributed by atoms with Crippen LogP contribution in [-0.4, -0.2) is 52.7 Å². The molecule has 1 unspecified atom stereocenters. The Morgan fingerprint density at radius 2 is 2.03 bits per heavy atom.